The Kier molecular flexibility index (Phi) is 7.26. The number of hydrogen-bond donors (Lipinski definition) is 2. The zero-order valence-electron chi connectivity index (χ0n) is 16.5. The van der Waals surface area contributed by atoms with Gasteiger partial charge in [0.25, 0.3) is 11.5 Å². The first kappa shape index (κ1) is 21.8. The molecule has 0 aliphatic heterocycles. The second-order valence-electron chi connectivity index (χ2n) is 6.65. The number of aromatic amines is 1. The SMILES string of the molecule is Cc1[nH]c(=O)c(C#N)c(C)c1CCC(=O)O[C@H](C)C(=O)NCc1ccc(F)cc1. The van der Waals surface area contributed by atoms with Crippen LogP contribution in [0.15, 0.2) is 29.1 Å². The highest BCUT2D eigenvalue weighted by Crippen LogP contribution is 2.15. The number of benzene rings is 1. The van der Waals surface area contributed by atoms with Crippen LogP contribution >= 0.6 is 0 Å². The first-order chi connectivity index (χ1) is 13.7. The molecular weight excluding hydrogens is 377 g/mol. The van der Waals surface area contributed by atoms with Gasteiger partial charge in [-0.05, 0) is 56.0 Å². The van der Waals surface area contributed by atoms with E-state index in [2.05, 4.69) is 10.3 Å². The summed E-state index contributed by atoms with van der Waals surface area (Å²) in [5, 5.41) is 11.7. The lowest BCUT2D eigenvalue weighted by molar-refractivity contribution is -0.154. The number of H-pyrrole nitrogens is 1. The van der Waals surface area contributed by atoms with Gasteiger partial charge in [-0.25, -0.2) is 4.39 Å². The van der Waals surface area contributed by atoms with E-state index in [0.29, 0.717) is 16.8 Å². The normalized spacial score (nSPS) is 11.4. The Labute approximate surface area is 167 Å². The number of aryl methyl sites for hydroxylation is 1. The monoisotopic (exact) mass is 399 g/mol. The van der Waals surface area contributed by atoms with Crippen molar-refractivity contribution in [3.8, 4) is 6.07 Å². The van der Waals surface area contributed by atoms with E-state index in [9.17, 15) is 18.8 Å². The fourth-order valence-electron chi connectivity index (χ4n) is 2.89. The molecule has 1 aromatic carbocycles. The summed E-state index contributed by atoms with van der Waals surface area (Å²) in [5.74, 6) is -1.40. The van der Waals surface area contributed by atoms with Crippen molar-refractivity contribution in [2.75, 3.05) is 0 Å². The van der Waals surface area contributed by atoms with Crippen LogP contribution in [-0.4, -0.2) is 23.0 Å². The molecule has 1 aromatic heterocycles. The van der Waals surface area contributed by atoms with Gasteiger partial charge in [0.1, 0.15) is 17.4 Å². The molecular formula is C21H22FN3O4. The number of halogens is 1. The van der Waals surface area contributed by atoms with Crippen LogP contribution in [0, 0.1) is 31.0 Å². The van der Waals surface area contributed by atoms with Crippen molar-refractivity contribution >= 4 is 11.9 Å². The quantitative estimate of drug-likeness (QED) is 0.693. The number of aromatic nitrogens is 1. The molecule has 0 radical (unpaired) electrons. The van der Waals surface area contributed by atoms with Crippen LogP contribution in [0.2, 0.25) is 0 Å². The molecule has 152 valence electrons. The lowest BCUT2D eigenvalue weighted by atomic mass is 9.99. The summed E-state index contributed by atoms with van der Waals surface area (Å²) in [6.07, 6.45) is -0.726. The minimum atomic E-state index is -0.990. The standard InChI is InChI=1S/C21H22FN3O4/c1-12-17(13(2)25-21(28)18(12)10-23)8-9-19(26)29-14(3)20(27)24-11-15-4-6-16(22)7-5-15/h4-7,14H,8-9,11H2,1-3H3,(H,24,27)(H,25,28)/t14-/m1/s1. The molecule has 1 heterocycles. The maximum atomic E-state index is 12.9. The van der Waals surface area contributed by atoms with Gasteiger partial charge in [-0.1, -0.05) is 12.1 Å². The van der Waals surface area contributed by atoms with Crippen molar-refractivity contribution in [3.63, 3.8) is 0 Å². The Hall–Kier alpha value is -3.47. The van der Waals surface area contributed by atoms with E-state index >= 15 is 0 Å². The minimum absolute atomic E-state index is 0.00578. The second-order valence-corrected chi connectivity index (χ2v) is 6.65. The molecule has 29 heavy (non-hydrogen) atoms. The van der Waals surface area contributed by atoms with Crippen LogP contribution in [0.4, 0.5) is 4.39 Å². The number of hydrogen-bond acceptors (Lipinski definition) is 5. The number of amides is 1. The first-order valence-corrected chi connectivity index (χ1v) is 9.07. The third-order valence-corrected chi connectivity index (χ3v) is 4.56. The Morgan fingerprint density at radius 1 is 1.28 bits per heavy atom. The molecule has 0 aliphatic rings. The number of carbonyl (C=O) groups excluding carboxylic acids is 2. The zero-order chi connectivity index (χ0) is 21.6. The summed E-state index contributed by atoms with van der Waals surface area (Å²) in [4.78, 5) is 38.5. The van der Waals surface area contributed by atoms with Gasteiger partial charge in [-0.15, -0.1) is 0 Å². The van der Waals surface area contributed by atoms with E-state index in [-0.39, 0.29) is 30.8 Å². The Bertz CT molecular complexity index is 1010. The molecule has 7 nitrogen and oxygen atoms in total. The van der Waals surface area contributed by atoms with Crippen LogP contribution in [-0.2, 0) is 27.3 Å². The number of rotatable bonds is 7. The predicted molar refractivity (Wildman–Crippen MR) is 103 cm³/mol. The van der Waals surface area contributed by atoms with E-state index < -0.39 is 23.5 Å². The molecule has 1 amide bonds. The topological polar surface area (TPSA) is 112 Å². The summed E-state index contributed by atoms with van der Waals surface area (Å²) >= 11 is 0. The van der Waals surface area contributed by atoms with Gasteiger partial charge < -0.3 is 15.0 Å². The van der Waals surface area contributed by atoms with Crippen molar-refractivity contribution < 1.29 is 18.7 Å². The highest BCUT2D eigenvalue weighted by molar-refractivity contribution is 5.83. The molecule has 2 rings (SSSR count). The molecule has 0 spiro atoms. The molecule has 1 atom stereocenters. The molecule has 0 unspecified atom stereocenters. The van der Waals surface area contributed by atoms with Gasteiger partial charge in [-0.3, -0.25) is 14.4 Å². The number of ether oxygens (including phenoxy) is 1. The van der Waals surface area contributed by atoms with Crippen molar-refractivity contribution in [3.05, 3.63) is 68.4 Å². The summed E-state index contributed by atoms with van der Waals surface area (Å²) in [5.41, 5.74) is 2.10. The third-order valence-electron chi connectivity index (χ3n) is 4.56. The van der Waals surface area contributed by atoms with Crippen molar-refractivity contribution in [2.45, 2.75) is 46.3 Å². The number of carbonyl (C=O) groups is 2. The van der Waals surface area contributed by atoms with E-state index in [1.165, 1.54) is 19.1 Å². The van der Waals surface area contributed by atoms with Gasteiger partial charge in [0, 0.05) is 18.7 Å². The molecule has 2 N–H and O–H groups in total. The van der Waals surface area contributed by atoms with Crippen molar-refractivity contribution in [1.82, 2.24) is 10.3 Å². The molecule has 0 fully saturated rings. The summed E-state index contributed by atoms with van der Waals surface area (Å²) < 4.78 is 18.0. The van der Waals surface area contributed by atoms with E-state index in [1.54, 1.807) is 26.0 Å². The average Bonchev–Trinajstić information content (AvgIpc) is 2.67. The maximum absolute atomic E-state index is 12.9. The summed E-state index contributed by atoms with van der Waals surface area (Å²) in [7, 11) is 0. The number of esters is 1. The fourth-order valence-corrected chi connectivity index (χ4v) is 2.89. The van der Waals surface area contributed by atoms with Crippen LogP contribution in [0.25, 0.3) is 0 Å². The van der Waals surface area contributed by atoms with Gasteiger partial charge in [0.05, 0.1) is 0 Å². The van der Waals surface area contributed by atoms with Gasteiger partial charge >= 0.3 is 5.97 Å². The largest absolute Gasteiger partial charge is 0.453 e. The molecule has 0 aliphatic carbocycles. The maximum Gasteiger partial charge on any atom is 0.306 e. The van der Waals surface area contributed by atoms with E-state index in [4.69, 9.17) is 10.00 Å². The molecule has 2 aromatic rings. The molecule has 8 heteroatoms. The second kappa shape index (κ2) is 9.64. The predicted octanol–water partition coefficient (Wildman–Crippen LogP) is 2.18. The van der Waals surface area contributed by atoms with Crippen molar-refractivity contribution in [1.29, 1.82) is 5.26 Å². The molecule has 0 saturated carbocycles. The average molecular weight is 399 g/mol. The van der Waals surface area contributed by atoms with Crippen LogP contribution in [0.1, 0.15) is 41.3 Å². The van der Waals surface area contributed by atoms with Gasteiger partial charge in [0.15, 0.2) is 6.10 Å². The summed E-state index contributed by atoms with van der Waals surface area (Å²) in [6.45, 7) is 5.00. The Morgan fingerprint density at radius 2 is 1.93 bits per heavy atom. The van der Waals surface area contributed by atoms with E-state index in [1.807, 2.05) is 6.07 Å². The third kappa shape index (κ3) is 5.75. The Balaban J connectivity index is 1.89. The highest BCUT2D eigenvalue weighted by atomic mass is 19.1. The number of nitrogens with zero attached hydrogens (tertiary/aromatic N) is 1. The molecule has 0 bridgehead atoms. The van der Waals surface area contributed by atoms with Gasteiger partial charge in [0.2, 0.25) is 0 Å². The lowest BCUT2D eigenvalue weighted by Gasteiger charge is -2.14. The number of pyridine rings is 1. The van der Waals surface area contributed by atoms with Crippen molar-refractivity contribution in [2.24, 2.45) is 0 Å². The van der Waals surface area contributed by atoms with E-state index in [0.717, 1.165) is 5.56 Å². The van der Waals surface area contributed by atoms with Crippen LogP contribution < -0.4 is 10.9 Å². The van der Waals surface area contributed by atoms with Crippen LogP contribution in [0.3, 0.4) is 0 Å². The minimum Gasteiger partial charge on any atom is -0.453 e. The van der Waals surface area contributed by atoms with Gasteiger partial charge in [-0.2, -0.15) is 5.26 Å². The fraction of sp³-hybridized carbons (Fsp3) is 0.333. The Morgan fingerprint density at radius 3 is 2.55 bits per heavy atom. The number of nitriles is 1. The first-order valence-electron chi connectivity index (χ1n) is 9.07. The highest BCUT2D eigenvalue weighted by Gasteiger charge is 2.19. The summed E-state index contributed by atoms with van der Waals surface area (Å²) in [6, 6.07) is 7.56. The zero-order valence-corrected chi connectivity index (χ0v) is 16.5. The van der Waals surface area contributed by atoms with Crippen LogP contribution in [0.5, 0.6) is 0 Å². The number of nitrogens with one attached hydrogen (secondary N) is 2. The molecule has 0 saturated heterocycles. The lowest BCUT2D eigenvalue weighted by Crippen LogP contribution is -2.35. The smallest absolute Gasteiger partial charge is 0.306 e.